The Hall–Kier alpha value is -3.09. The van der Waals surface area contributed by atoms with E-state index in [4.69, 9.17) is 9.47 Å². The lowest BCUT2D eigenvalue weighted by Gasteiger charge is -2.23. The Kier molecular flexibility index (Phi) is 8.31. The summed E-state index contributed by atoms with van der Waals surface area (Å²) in [4.78, 5) is 38.9. The van der Waals surface area contributed by atoms with Crippen molar-refractivity contribution in [1.82, 2.24) is 9.88 Å². The number of methoxy groups -OCH3 is 2. The van der Waals surface area contributed by atoms with Crippen LogP contribution in [-0.2, 0) is 28.9 Å². The van der Waals surface area contributed by atoms with Gasteiger partial charge in [-0.1, -0.05) is 38.8 Å². The van der Waals surface area contributed by atoms with E-state index < -0.39 is 17.9 Å². The first kappa shape index (κ1) is 24.6. The minimum Gasteiger partial charge on any atom is -0.497 e. The Labute approximate surface area is 195 Å². The van der Waals surface area contributed by atoms with E-state index in [1.54, 1.807) is 17.7 Å². The molecule has 7 heteroatoms. The lowest BCUT2D eigenvalue weighted by molar-refractivity contribution is -0.144. The molecule has 0 fully saturated rings. The molecule has 3 rings (SSSR count). The first-order valence-corrected chi connectivity index (χ1v) is 11.6. The average molecular weight is 455 g/mol. The Balaban J connectivity index is 2.04. The number of amides is 1. The number of esters is 1. The highest BCUT2D eigenvalue weighted by Crippen LogP contribution is 2.22. The van der Waals surface area contributed by atoms with Gasteiger partial charge in [0.15, 0.2) is 0 Å². The Morgan fingerprint density at radius 3 is 2.30 bits per heavy atom. The third kappa shape index (κ3) is 5.83. The minimum absolute atomic E-state index is 0.0670. The number of aromatic nitrogens is 1. The van der Waals surface area contributed by atoms with Gasteiger partial charge in [0.25, 0.3) is 11.5 Å². The number of ether oxygens (including phenoxy) is 2. The van der Waals surface area contributed by atoms with Crippen LogP contribution in [0, 0.1) is 5.92 Å². The van der Waals surface area contributed by atoms with E-state index in [1.807, 2.05) is 38.1 Å². The lowest BCUT2D eigenvalue weighted by atomic mass is 9.95. The normalized spacial score (nSPS) is 14.6. The van der Waals surface area contributed by atoms with Crippen molar-refractivity contribution in [3.8, 4) is 5.75 Å². The van der Waals surface area contributed by atoms with E-state index in [2.05, 4.69) is 5.32 Å². The largest absolute Gasteiger partial charge is 0.497 e. The van der Waals surface area contributed by atoms with Crippen molar-refractivity contribution >= 4 is 11.9 Å². The predicted molar refractivity (Wildman–Crippen MR) is 127 cm³/mol. The number of nitrogens with zero attached hydrogens (tertiary/aromatic N) is 1. The van der Waals surface area contributed by atoms with Crippen LogP contribution in [0.3, 0.4) is 0 Å². The third-order valence-electron chi connectivity index (χ3n) is 6.25. The van der Waals surface area contributed by atoms with Crippen molar-refractivity contribution in [2.45, 2.75) is 65.0 Å². The summed E-state index contributed by atoms with van der Waals surface area (Å²) in [6.07, 6.45) is 5.93. The molecule has 33 heavy (non-hydrogen) atoms. The number of benzene rings is 1. The fourth-order valence-corrected chi connectivity index (χ4v) is 4.32. The van der Waals surface area contributed by atoms with Crippen LogP contribution < -0.4 is 15.6 Å². The van der Waals surface area contributed by atoms with Crippen LogP contribution in [0.2, 0.25) is 0 Å². The van der Waals surface area contributed by atoms with Crippen LogP contribution in [0.5, 0.6) is 5.75 Å². The molecule has 1 heterocycles. The van der Waals surface area contributed by atoms with Crippen molar-refractivity contribution in [2.24, 2.45) is 5.92 Å². The summed E-state index contributed by atoms with van der Waals surface area (Å²) in [7, 11) is 2.90. The Morgan fingerprint density at radius 1 is 1.03 bits per heavy atom. The van der Waals surface area contributed by atoms with Gasteiger partial charge in [-0.15, -0.1) is 0 Å². The van der Waals surface area contributed by atoms with Crippen molar-refractivity contribution < 1.29 is 19.1 Å². The molecule has 1 amide bonds. The lowest BCUT2D eigenvalue weighted by Crippen LogP contribution is -2.47. The molecular weight excluding hydrogens is 420 g/mol. The van der Waals surface area contributed by atoms with Gasteiger partial charge in [-0.25, -0.2) is 4.79 Å². The van der Waals surface area contributed by atoms with Crippen LogP contribution in [-0.4, -0.2) is 36.7 Å². The third-order valence-corrected chi connectivity index (χ3v) is 6.25. The van der Waals surface area contributed by atoms with Crippen LogP contribution in [0.1, 0.15) is 66.7 Å². The van der Waals surface area contributed by atoms with E-state index in [9.17, 15) is 14.4 Å². The number of hydrogen-bond acceptors (Lipinski definition) is 5. The second-order valence-electron chi connectivity index (χ2n) is 8.90. The summed E-state index contributed by atoms with van der Waals surface area (Å²) in [5, 5.41) is 2.72. The minimum atomic E-state index is -0.820. The Morgan fingerprint density at radius 2 is 1.70 bits per heavy atom. The molecule has 2 aromatic rings. The quantitative estimate of drug-likeness (QED) is 0.647. The van der Waals surface area contributed by atoms with E-state index in [1.165, 1.54) is 7.11 Å². The zero-order chi connectivity index (χ0) is 24.0. The summed E-state index contributed by atoms with van der Waals surface area (Å²) >= 11 is 0. The monoisotopic (exact) mass is 454 g/mol. The number of rotatable bonds is 7. The molecule has 1 aliphatic carbocycles. The highest BCUT2D eigenvalue weighted by molar-refractivity contribution is 5.96. The number of hydrogen-bond donors (Lipinski definition) is 1. The van der Waals surface area contributed by atoms with Gasteiger partial charge < -0.3 is 19.4 Å². The van der Waals surface area contributed by atoms with Gasteiger partial charge >= 0.3 is 5.97 Å². The SMILES string of the molecule is COC(=O)C(NC(=O)c1cc2c(n(Cc3ccc(OC)cc3)c1=O)CCCCCC2)C(C)C. The van der Waals surface area contributed by atoms with Gasteiger partial charge in [-0.2, -0.15) is 0 Å². The molecular formula is C26H34N2O5. The molecule has 0 saturated heterocycles. The molecule has 1 unspecified atom stereocenters. The van der Waals surface area contributed by atoms with Crippen LogP contribution >= 0.6 is 0 Å². The number of aryl methyl sites for hydroxylation is 1. The van der Waals surface area contributed by atoms with Crippen LogP contribution in [0.25, 0.3) is 0 Å². The molecule has 1 N–H and O–H groups in total. The topological polar surface area (TPSA) is 86.6 Å². The number of nitrogens with one attached hydrogen (secondary N) is 1. The molecule has 7 nitrogen and oxygen atoms in total. The zero-order valence-corrected chi connectivity index (χ0v) is 20.0. The molecule has 1 aliphatic rings. The van der Waals surface area contributed by atoms with Crippen molar-refractivity contribution in [2.75, 3.05) is 14.2 Å². The average Bonchev–Trinajstić information content (AvgIpc) is 2.79. The molecule has 0 saturated carbocycles. The van der Waals surface area contributed by atoms with Gasteiger partial charge in [0, 0.05) is 5.69 Å². The first-order chi connectivity index (χ1) is 15.8. The van der Waals surface area contributed by atoms with Crippen molar-refractivity contribution in [1.29, 1.82) is 0 Å². The second kappa shape index (κ2) is 11.2. The summed E-state index contributed by atoms with van der Waals surface area (Å²) in [5.74, 6) is -0.495. The number of fused-ring (bicyclic) bond motifs is 1. The highest BCUT2D eigenvalue weighted by Gasteiger charge is 2.28. The number of carbonyl (C=O) groups is 2. The number of carbonyl (C=O) groups excluding carboxylic acids is 2. The predicted octanol–water partition coefficient (Wildman–Crippen LogP) is 3.49. The summed E-state index contributed by atoms with van der Waals surface area (Å²) in [6.45, 7) is 4.02. The van der Waals surface area contributed by atoms with E-state index in [0.29, 0.717) is 6.54 Å². The first-order valence-electron chi connectivity index (χ1n) is 11.6. The maximum Gasteiger partial charge on any atom is 0.328 e. The molecule has 0 spiro atoms. The van der Waals surface area contributed by atoms with Gasteiger partial charge in [0.2, 0.25) is 0 Å². The van der Waals surface area contributed by atoms with Gasteiger partial charge in [-0.05, 0) is 60.9 Å². The van der Waals surface area contributed by atoms with Crippen LogP contribution in [0.15, 0.2) is 35.1 Å². The maximum atomic E-state index is 13.6. The van der Waals surface area contributed by atoms with Crippen LogP contribution in [0.4, 0.5) is 0 Å². The Bertz CT molecular complexity index is 1040. The molecule has 1 atom stereocenters. The summed E-state index contributed by atoms with van der Waals surface area (Å²) < 4.78 is 11.8. The second-order valence-corrected chi connectivity index (χ2v) is 8.90. The summed E-state index contributed by atoms with van der Waals surface area (Å²) in [6, 6.07) is 8.50. The fraction of sp³-hybridized carbons (Fsp3) is 0.500. The smallest absolute Gasteiger partial charge is 0.328 e. The molecule has 0 bridgehead atoms. The van der Waals surface area contributed by atoms with Gasteiger partial charge in [0.1, 0.15) is 17.4 Å². The zero-order valence-electron chi connectivity index (χ0n) is 20.0. The van der Waals surface area contributed by atoms with Gasteiger partial charge in [0.05, 0.1) is 20.8 Å². The van der Waals surface area contributed by atoms with Crippen molar-refractivity contribution in [3.05, 3.63) is 63.1 Å². The summed E-state index contributed by atoms with van der Waals surface area (Å²) in [5.41, 5.74) is 2.72. The van der Waals surface area contributed by atoms with E-state index in [-0.39, 0.29) is 17.0 Å². The molecule has 178 valence electrons. The maximum absolute atomic E-state index is 13.6. The molecule has 0 aliphatic heterocycles. The van der Waals surface area contributed by atoms with E-state index in [0.717, 1.165) is 61.1 Å². The van der Waals surface area contributed by atoms with Crippen molar-refractivity contribution in [3.63, 3.8) is 0 Å². The molecule has 1 aromatic heterocycles. The molecule has 0 radical (unpaired) electrons. The fourth-order valence-electron chi connectivity index (χ4n) is 4.32. The highest BCUT2D eigenvalue weighted by atomic mass is 16.5. The van der Waals surface area contributed by atoms with E-state index >= 15 is 0 Å². The standard InChI is InChI=1S/C26H34N2O5/c1-17(2)23(26(31)33-4)27-24(29)21-15-19-9-7-5-6-8-10-22(19)28(25(21)30)16-18-11-13-20(32-3)14-12-18/h11-15,17,23H,5-10,16H2,1-4H3,(H,27,29). The van der Waals surface area contributed by atoms with Gasteiger partial charge in [-0.3, -0.25) is 9.59 Å². The number of pyridine rings is 1. The molecule has 1 aromatic carbocycles.